The number of nitrogens with zero attached hydrogens (tertiary/aromatic N) is 1. The highest BCUT2D eigenvalue weighted by molar-refractivity contribution is 5.18. The number of hydrogen-bond acceptors (Lipinski definition) is 1. The Morgan fingerprint density at radius 3 is 2.62 bits per heavy atom. The van der Waals surface area contributed by atoms with Crippen LogP contribution in [0, 0.1) is 13.8 Å². The molecule has 0 unspecified atom stereocenters. The van der Waals surface area contributed by atoms with Crippen LogP contribution in [-0.2, 0) is 0 Å². The fourth-order valence-electron chi connectivity index (χ4n) is 0.618. The van der Waals surface area contributed by atoms with E-state index in [0.717, 1.165) is 11.1 Å². The van der Waals surface area contributed by atoms with Gasteiger partial charge in [0.05, 0.1) is 0 Å². The zero-order valence-corrected chi connectivity index (χ0v) is 4.89. The molecule has 0 saturated carbocycles. The van der Waals surface area contributed by atoms with E-state index in [1.165, 1.54) is 0 Å². The summed E-state index contributed by atoms with van der Waals surface area (Å²) in [4.78, 5) is 3.92. The summed E-state index contributed by atoms with van der Waals surface area (Å²) in [5.74, 6) is 0. The van der Waals surface area contributed by atoms with Gasteiger partial charge in [-0.15, -0.1) is 0 Å². The first kappa shape index (κ1) is 5.29. The van der Waals surface area contributed by atoms with Gasteiger partial charge in [0.25, 0.3) is 0 Å². The van der Waals surface area contributed by atoms with Crippen LogP contribution in [0.3, 0.4) is 0 Å². The van der Waals surface area contributed by atoms with E-state index in [1.807, 2.05) is 19.2 Å². The summed E-state index contributed by atoms with van der Waals surface area (Å²) in [6.07, 6.45) is 3.56. The number of rotatable bonds is 0. The van der Waals surface area contributed by atoms with Crippen LogP contribution in [0.1, 0.15) is 11.1 Å². The summed E-state index contributed by atoms with van der Waals surface area (Å²) in [5.41, 5.74) is 2.14. The molecule has 0 amide bonds. The van der Waals surface area contributed by atoms with Crippen LogP contribution in [0.2, 0.25) is 0 Å². The van der Waals surface area contributed by atoms with Gasteiger partial charge in [0.1, 0.15) is 0 Å². The van der Waals surface area contributed by atoms with Crippen molar-refractivity contribution in [3.8, 4) is 0 Å². The molecule has 0 aliphatic carbocycles. The molecular weight excluding hydrogens is 98.1 g/mol. The molecule has 0 saturated heterocycles. The molecule has 0 fully saturated rings. The van der Waals surface area contributed by atoms with Gasteiger partial charge in [-0.1, -0.05) is 6.07 Å². The third-order valence-corrected chi connectivity index (χ3v) is 0.932. The van der Waals surface area contributed by atoms with Crippen molar-refractivity contribution < 1.29 is 0 Å². The van der Waals surface area contributed by atoms with Gasteiger partial charge in [0.2, 0.25) is 0 Å². The maximum Gasteiger partial charge on any atom is 0.0300 e. The monoisotopic (exact) mass is 106 g/mol. The Morgan fingerprint density at radius 1 is 1.50 bits per heavy atom. The van der Waals surface area contributed by atoms with Gasteiger partial charge in [-0.05, 0) is 25.0 Å². The smallest absolute Gasteiger partial charge is 0.0300 e. The van der Waals surface area contributed by atoms with Gasteiger partial charge in [0, 0.05) is 12.4 Å². The fraction of sp³-hybridized carbons (Fsp3) is 0.143. The van der Waals surface area contributed by atoms with E-state index in [4.69, 9.17) is 0 Å². The number of aryl methyl sites for hydroxylation is 1. The Labute approximate surface area is 49.4 Å². The van der Waals surface area contributed by atoms with Crippen molar-refractivity contribution in [1.29, 1.82) is 0 Å². The Morgan fingerprint density at radius 2 is 2.25 bits per heavy atom. The van der Waals surface area contributed by atoms with E-state index in [0.29, 0.717) is 0 Å². The van der Waals surface area contributed by atoms with Gasteiger partial charge in [-0.25, -0.2) is 0 Å². The van der Waals surface area contributed by atoms with Gasteiger partial charge in [0.15, 0.2) is 0 Å². The zero-order valence-electron chi connectivity index (χ0n) is 4.89. The fourth-order valence-corrected chi connectivity index (χ4v) is 0.618. The van der Waals surface area contributed by atoms with E-state index in [1.54, 1.807) is 6.20 Å². The van der Waals surface area contributed by atoms with Crippen molar-refractivity contribution in [2.24, 2.45) is 0 Å². The van der Waals surface area contributed by atoms with Crippen molar-refractivity contribution in [3.63, 3.8) is 0 Å². The molecule has 0 aliphatic rings. The Kier molecular flexibility index (Phi) is 1.29. The van der Waals surface area contributed by atoms with Crippen LogP contribution >= 0.6 is 0 Å². The second-order valence-corrected chi connectivity index (χ2v) is 1.87. The Balaban J connectivity index is 3.08. The van der Waals surface area contributed by atoms with E-state index in [-0.39, 0.29) is 0 Å². The highest BCUT2D eigenvalue weighted by atomic mass is 14.6. The minimum absolute atomic E-state index is 0.977. The van der Waals surface area contributed by atoms with Gasteiger partial charge < -0.3 is 0 Å². The lowest BCUT2D eigenvalue weighted by molar-refractivity contribution is 1.25. The van der Waals surface area contributed by atoms with E-state index >= 15 is 0 Å². The molecule has 0 N–H and O–H groups in total. The van der Waals surface area contributed by atoms with Gasteiger partial charge >= 0.3 is 0 Å². The standard InChI is InChI=1S/C7H8N/c1-6-3-7(2)5-8-4-6/h3-5H,1H2,2H3. The van der Waals surface area contributed by atoms with Gasteiger partial charge in [-0.2, -0.15) is 0 Å². The summed E-state index contributed by atoms with van der Waals surface area (Å²) >= 11 is 0. The van der Waals surface area contributed by atoms with Crippen molar-refractivity contribution in [2.45, 2.75) is 6.92 Å². The Hall–Kier alpha value is -0.850. The van der Waals surface area contributed by atoms with E-state index in [9.17, 15) is 0 Å². The average Bonchev–Trinajstić information content (AvgIpc) is 1.64. The van der Waals surface area contributed by atoms with Crippen molar-refractivity contribution in [2.75, 3.05) is 0 Å². The molecule has 1 aromatic rings. The molecule has 41 valence electrons. The molecule has 1 nitrogen and oxygen atoms in total. The molecule has 8 heavy (non-hydrogen) atoms. The summed E-state index contributed by atoms with van der Waals surface area (Å²) in [5, 5.41) is 0. The molecule has 0 spiro atoms. The topological polar surface area (TPSA) is 12.9 Å². The lowest BCUT2D eigenvalue weighted by atomic mass is 10.2. The molecule has 1 heterocycles. The molecule has 1 radical (unpaired) electrons. The minimum Gasteiger partial charge on any atom is -0.264 e. The molecule has 1 rings (SSSR count). The van der Waals surface area contributed by atoms with E-state index in [2.05, 4.69) is 11.9 Å². The average molecular weight is 106 g/mol. The second-order valence-electron chi connectivity index (χ2n) is 1.87. The van der Waals surface area contributed by atoms with Crippen molar-refractivity contribution in [1.82, 2.24) is 4.98 Å². The van der Waals surface area contributed by atoms with Crippen LogP contribution < -0.4 is 0 Å². The normalized spacial score (nSPS) is 9.25. The first-order valence-corrected chi connectivity index (χ1v) is 2.52. The highest BCUT2D eigenvalue weighted by Crippen LogP contribution is 1.96. The van der Waals surface area contributed by atoms with Crippen molar-refractivity contribution in [3.05, 3.63) is 36.5 Å². The quantitative estimate of drug-likeness (QED) is 0.489. The third-order valence-electron chi connectivity index (χ3n) is 0.932. The lowest BCUT2D eigenvalue weighted by Crippen LogP contribution is -1.76. The Bertz CT molecular complexity index is 164. The molecule has 0 aliphatic heterocycles. The first-order valence-electron chi connectivity index (χ1n) is 2.52. The first-order chi connectivity index (χ1) is 3.79. The van der Waals surface area contributed by atoms with Crippen molar-refractivity contribution >= 4 is 0 Å². The number of pyridine rings is 1. The summed E-state index contributed by atoms with van der Waals surface area (Å²) < 4.78 is 0. The summed E-state index contributed by atoms with van der Waals surface area (Å²) in [7, 11) is 0. The predicted octanol–water partition coefficient (Wildman–Crippen LogP) is 1.57. The zero-order chi connectivity index (χ0) is 5.98. The molecule has 0 atom stereocenters. The molecule has 0 bridgehead atoms. The predicted molar refractivity (Wildman–Crippen MR) is 33.4 cm³/mol. The van der Waals surface area contributed by atoms with Gasteiger partial charge in [-0.3, -0.25) is 4.98 Å². The summed E-state index contributed by atoms with van der Waals surface area (Å²) in [6.45, 7) is 5.72. The maximum absolute atomic E-state index is 3.92. The molecule has 1 heteroatoms. The lowest BCUT2D eigenvalue weighted by Gasteiger charge is -1.89. The molecule has 0 aromatic carbocycles. The summed E-state index contributed by atoms with van der Waals surface area (Å²) in [6, 6.07) is 1.99. The SMILES string of the molecule is [CH2]c1cncc(C)c1. The molecular formula is C7H8N. The molecule has 1 aromatic heterocycles. The third kappa shape index (κ3) is 1.06. The van der Waals surface area contributed by atoms with Crippen LogP contribution in [0.5, 0.6) is 0 Å². The maximum atomic E-state index is 3.92. The largest absolute Gasteiger partial charge is 0.264 e. The van der Waals surface area contributed by atoms with Crippen LogP contribution in [0.15, 0.2) is 18.5 Å². The number of aromatic nitrogens is 1. The number of hydrogen-bond donors (Lipinski definition) is 0. The van der Waals surface area contributed by atoms with Crippen LogP contribution in [-0.4, -0.2) is 4.98 Å². The minimum atomic E-state index is 0.977. The van der Waals surface area contributed by atoms with Crippen LogP contribution in [0.25, 0.3) is 0 Å². The van der Waals surface area contributed by atoms with E-state index < -0.39 is 0 Å². The van der Waals surface area contributed by atoms with Crippen LogP contribution in [0.4, 0.5) is 0 Å². The second kappa shape index (κ2) is 1.95. The highest BCUT2D eigenvalue weighted by Gasteiger charge is 1.82.